The van der Waals surface area contributed by atoms with Gasteiger partial charge >= 0.3 is 0 Å². The van der Waals surface area contributed by atoms with Gasteiger partial charge in [0.2, 0.25) is 0 Å². The Kier molecular flexibility index (Phi) is 2.90. The van der Waals surface area contributed by atoms with E-state index in [-0.39, 0.29) is 5.54 Å². The van der Waals surface area contributed by atoms with E-state index in [0.29, 0.717) is 5.92 Å². The summed E-state index contributed by atoms with van der Waals surface area (Å²) in [5.41, 5.74) is -0.00833. The molecule has 17 heavy (non-hydrogen) atoms. The van der Waals surface area contributed by atoms with Crippen LogP contribution in [0.1, 0.15) is 69.4 Å². The molecule has 1 aromatic heterocycles. The first kappa shape index (κ1) is 11.2. The number of rotatable bonds is 2. The lowest BCUT2D eigenvalue weighted by molar-refractivity contribution is 0.269. The Bertz CT molecular complexity index is 373. The molecular formula is C13H22N4. The smallest absolute Gasteiger partial charge is 0.170 e. The lowest BCUT2D eigenvalue weighted by Crippen LogP contribution is -2.44. The van der Waals surface area contributed by atoms with Gasteiger partial charge in [0.1, 0.15) is 5.82 Å². The van der Waals surface area contributed by atoms with Crippen molar-refractivity contribution in [2.45, 2.75) is 63.3 Å². The molecule has 2 fully saturated rings. The molecule has 0 amide bonds. The molecule has 2 N–H and O–H groups in total. The van der Waals surface area contributed by atoms with Gasteiger partial charge in [-0.3, -0.25) is 5.10 Å². The van der Waals surface area contributed by atoms with E-state index in [9.17, 15) is 0 Å². The quantitative estimate of drug-likeness (QED) is 0.826. The van der Waals surface area contributed by atoms with Gasteiger partial charge in [-0.05, 0) is 45.6 Å². The van der Waals surface area contributed by atoms with Gasteiger partial charge in [-0.25, -0.2) is 4.98 Å². The second-order valence-corrected chi connectivity index (χ2v) is 5.74. The summed E-state index contributed by atoms with van der Waals surface area (Å²) in [6, 6.07) is 0. The van der Waals surface area contributed by atoms with Crippen molar-refractivity contribution in [1.82, 2.24) is 20.5 Å². The van der Waals surface area contributed by atoms with Crippen LogP contribution in [0.25, 0.3) is 0 Å². The lowest BCUT2D eigenvalue weighted by Gasteiger charge is -2.32. The second kappa shape index (κ2) is 4.41. The van der Waals surface area contributed by atoms with Gasteiger partial charge in [-0.1, -0.05) is 12.8 Å². The highest BCUT2D eigenvalue weighted by Gasteiger charge is 2.33. The number of H-pyrrole nitrogens is 1. The van der Waals surface area contributed by atoms with Crippen LogP contribution in [-0.2, 0) is 5.54 Å². The van der Waals surface area contributed by atoms with Crippen LogP contribution in [0.2, 0.25) is 0 Å². The molecule has 1 saturated heterocycles. The highest BCUT2D eigenvalue weighted by Crippen LogP contribution is 2.33. The van der Waals surface area contributed by atoms with E-state index < -0.39 is 0 Å². The van der Waals surface area contributed by atoms with Gasteiger partial charge in [-0.15, -0.1) is 0 Å². The molecule has 1 saturated carbocycles. The molecule has 0 spiro atoms. The Hall–Kier alpha value is -0.900. The average Bonchev–Trinajstić information content (AvgIpc) is 3.01. The SMILES string of the molecule is CC1(c2n[nH]c(C3CCCC3)n2)CCCCN1. The van der Waals surface area contributed by atoms with Crippen molar-refractivity contribution in [3.63, 3.8) is 0 Å². The van der Waals surface area contributed by atoms with Crippen LogP contribution in [0.5, 0.6) is 0 Å². The Morgan fingerprint density at radius 1 is 1.18 bits per heavy atom. The molecule has 1 unspecified atom stereocenters. The van der Waals surface area contributed by atoms with Gasteiger partial charge in [0.25, 0.3) is 0 Å². The minimum absolute atomic E-state index is 0.00833. The summed E-state index contributed by atoms with van der Waals surface area (Å²) in [5.74, 6) is 2.72. The van der Waals surface area contributed by atoms with Crippen molar-refractivity contribution in [3.05, 3.63) is 11.6 Å². The van der Waals surface area contributed by atoms with Gasteiger partial charge in [0.15, 0.2) is 5.82 Å². The van der Waals surface area contributed by atoms with Crippen molar-refractivity contribution >= 4 is 0 Å². The topological polar surface area (TPSA) is 53.6 Å². The number of aromatic nitrogens is 3. The van der Waals surface area contributed by atoms with Crippen LogP contribution in [0.4, 0.5) is 0 Å². The number of hydrogen-bond donors (Lipinski definition) is 2. The Morgan fingerprint density at radius 2 is 2.00 bits per heavy atom. The third-order valence-corrected chi connectivity index (χ3v) is 4.36. The van der Waals surface area contributed by atoms with E-state index in [2.05, 4.69) is 22.4 Å². The summed E-state index contributed by atoms with van der Waals surface area (Å²) in [7, 11) is 0. The first-order valence-corrected chi connectivity index (χ1v) is 6.96. The molecule has 4 heteroatoms. The van der Waals surface area contributed by atoms with E-state index in [0.717, 1.165) is 24.6 Å². The van der Waals surface area contributed by atoms with Gasteiger partial charge in [-0.2, -0.15) is 5.10 Å². The molecule has 1 aromatic rings. The zero-order valence-electron chi connectivity index (χ0n) is 10.6. The molecule has 0 aromatic carbocycles. The average molecular weight is 234 g/mol. The standard InChI is InChI=1S/C13H22N4/c1-13(8-4-5-9-14-13)12-15-11(16-17-12)10-6-2-3-7-10/h10,14H,2-9H2,1H3,(H,15,16,17). The second-order valence-electron chi connectivity index (χ2n) is 5.74. The maximum absolute atomic E-state index is 4.76. The van der Waals surface area contributed by atoms with Crippen LogP contribution < -0.4 is 5.32 Å². The maximum atomic E-state index is 4.76. The Morgan fingerprint density at radius 3 is 2.71 bits per heavy atom. The largest absolute Gasteiger partial charge is 0.305 e. The fraction of sp³-hybridized carbons (Fsp3) is 0.846. The summed E-state index contributed by atoms with van der Waals surface area (Å²) in [6.07, 6.45) is 8.94. The fourth-order valence-electron chi connectivity index (χ4n) is 3.15. The van der Waals surface area contributed by atoms with Crippen LogP contribution in [0.15, 0.2) is 0 Å². The predicted molar refractivity (Wildman–Crippen MR) is 66.8 cm³/mol. The predicted octanol–water partition coefficient (Wildman–Crippen LogP) is 2.45. The number of aromatic amines is 1. The zero-order chi connectivity index (χ0) is 11.7. The van der Waals surface area contributed by atoms with Gasteiger partial charge in [0.05, 0.1) is 5.54 Å². The maximum Gasteiger partial charge on any atom is 0.170 e. The number of piperidine rings is 1. The van der Waals surface area contributed by atoms with Crippen LogP contribution >= 0.6 is 0 Å². The fourth-order valence-corrected chi connectivity index (χ4v) is 3.15. The van der Waals surface area contributed by atoms with E-state index in [1.807, 2.05) is 0 Å². The monoisotopic (exact) mass is 234 g/mol. The Balaban J connectivity index is 1.78. The van der Waals surface area contributed by atoms with Crippen LogP contribution in [0, 0.1) is 0 Å². The molecule has 1 aliphatic heterocycles. The number of nitrogens with zero attached hydrogens (tertiary/aromatic N) is 2. The third kappa shape index (κ3) is 2.10. The molecular weight excluding hydrogens is 212 g/mol. The molecule has 2 heterocycles. The van der Waals surface area contributed by atoms with E-state index >= 15 is 0 Å². The highest BCUT2D eigenvalue weighted by atomic mass is 15.2. The minimum atomic E-state index is -0.00833. The van der Waals surface area contributed by atoms with E-state index in [1.165, 1.54) is 38.5 Å². The van der Waals surface area contributed by atoms with Gasteiger partial charge in [0, 0.05) is 5.92 Å². The summed E-state index contributed by atoms with van der Waals surface area (Å²) < 4.78 is 0. The van der Waals surface area contributed by atoms with Crippen molar-refractivity contribution in [2.24, 2.45) is 0 Å². The molecule has 4 nitrogen and oxygen atoms in total. The summed E-state index contributed by atoms with van der Waals surface area (Å²) in [6.45, 7) is 3.32. The molecule has 3 rings (SSSR count). The summed E-state index contributed by atoms with van der Waals surface area (Å²) in [5, 5.41) is 11.2. The normalized spacial score (nSPS) is 30.9. The van der Waals surface area contributed by atoms with Crippen molar-refractivity contribution in [1.29, 1.82) is 0 Å². The highest BCUT2D eigenvalue weighted by molar-refractivity contribution is 5.09. The minimum Gasteiger partial charge on any atom is -0.305 e. The van der Waals surface area contributed by atoms with Gasteiger partial charge < -0.3 is 5.32 Å². The molecule has 2 aliphatic rings. The molecule has 0 bridgehead atoms. The lowest BCUT2D eigenvalue weighted by atomic mass is 9.90. The summed E-state index contributed by atoms with van der Waals surface area (Å²) >= 11 is 0. The molecule has 94 valence electrons. The van der Waals surface area contributed by atoms with Crippen LogP contribution in [-0.4, -0.2) is 21.7 Å². The number of nitrogens with one attached hydrogen (secondary N) is 2. The van der Waals surface area contributed by atoms with Crippen LogP contribution in [0.3, 0.4) is 0 Å². The number of hydrogen-bond acceptors (Lipinski definition) is 3. The van der Waals surface area contributed by atoms with Crippen molar-refractivity contribution < 1.29 is 0 Å². The Labute approximate surface area is 103 Å². The van der Waals surface area contributed by atoms with Crippen molar-refractivity contribution in [2.75, 3.05) is 6.54 Å². The molecule has 1 aliphatic carbocycles. The first-order valence-electron chi connectivity index (χ1n) is 6.96. The molecule has 1 atom stereocenters. The zero-order valence-corrected chi connectivity index (χ0v) is 10.6. The third-order valence-electron chi connectivity index (χ3n) is 4.36. The van der Waals surface area contributed by atoms with E-state index in [4.69, 9.17) is 4.98 Å². The summed E-state index contributed by atoms with van der Waals surface area (Å²) in [4.78, 5) is 4.76. The van der Waals surface area contributed by atoms with Crippen molar-refractivity contribution in [3.8, 4) is 0 Å². The first-order chi connectivity index (χ1) is 8.28. The van der Waals surface area contributed by atoms with E-state index in [1.54, 1.807) is 0 Å². The molecule has 0 radical (unpaired) electrons.